The fraction of sp³-hybridized carbons (Fsp3) is 0.740. The summed E-state index contributed by atoms with van der Waals surface area (Å²) in [5.74, 6) is -1.49. The van der Waals surface area contributed by atoms with Crippen molar-refractivity contribution >= 4 is 17.9 Å². The Kier molecular flexibility index (Phi) is 38.7. The number of ether oxygens (including phenoxy) is 3. The van der Waals surface area contributed by atoms with Crippen LogP contribution in [0, 0.1) is 0 Å². The Morgan fingerprint density at radius 3 is 1.43 bits per heavy atom. The Morgan fingerprint density at radius 2 is 0.966 bits per heavy atom. The van der Waals surface area contributed by atoms with Gasteiger partial charge in [-0.1, -0.05) is 171 Å². The first-order chi connectivity index (χ1) is 28.1. The molecule has 2 atom stereocenters. The molecule has 0 aromatic heterocycles. The maximum absolute atomic E-state index is 12.7. The minimum absolute atomic E-state index is 0.0534. The molecule has 0 bridgehead atoms. The van der Waals surface area contributed by atoms with E-state index in [4.69, 9.17) is 14.2 Å². The van der Waals surface area contributed by atoms with E-state index >= 15 is 0 Å². The number of carbonyl (C=O) groups excluding carboxylic acids is 2. The third kappa shape index (κ3) is 38.5. The molecule has 0 saturated carbocycles. The van der Waals surface area contributed by atoms with Crippen LogP contribution in [0.15, 0.2) is 60.8 Å². The number of aliphatic carboxylic acids is 1. The Labute approximate surface area is 356 Å². The zero-order valence-corrected chi connectivity index (χ0v) is 38.0. The van der Waals surface area contributed by atoms with Crippen LogP contribution in [0.5, 0.6) is 0 Å². The first-order valence-corrected chi connectivity index (χ1v) is 23.4. The second-order valence-electron chi connectivity index (χ2n) is 16.7. The van der Waals surface area contributed by atoms with Gasteiger partial charge in [-0.2, -0.15) is 0 Å². The van der Waals surface area contributed by atoms with Gasteiger partial charge in [0.05, 0.1) is 34.4 Å². The van der Waals surface area contributed by atoms with Crippen LogP contribution >= 0.6 is 0 Å². The highest BCUT2D eigenvalue weighted by molar-refractivity contribution is 5.72. The van der Waals surface area contributed by atoms with Crippen molar-refractivity contribution in [2.45, 2.75) is 199 Å². The number of carboxylic acids is 1. The van der Waals surface area contributed by atoms with E-state index in [-0.39, 0.29) is 36.2 Å². The summed E-state index contributed by atoms with van der Waals surface area (Å²) in [6.07, 6.45) is 49.7. The SMILES string of the molecule is CC/C=C/C=C/C=C/CCCCCCCCCC(=O)OC(COCCC(C(=O)O)[N+](C)(C)C)COC(=O)CCCCCCCCCCCC/C=C/C=C/CCCCC. The summed E-state index contributed by atoms with van der Waals surface area (Å²) in [5, 5.41) is 9.63. The van der Waals surface area contributed by atoms with Crippen LogP contribution in [0.25, 0.3) is 0 Å². The monoisotopic (exact) mass is 815 g/mol. The molecule has 0 aliphatic carbocycles. The van der Waals surface area contributed by atoms with Crippen molar-refractivity contribution in [3.63, 3.8) is 0 Å². The largest absolute Gasteiger partial charge is 0.477 e. The highest BCUT2D eigenvalue weighted by Crippen LogP contribution is 2.15. The summed E-state index contributed by atoms with van der Waals surface area (Å²) in [7, 11) is 5.52. The summed E-state index contributed by atoms with van der Waals surface area (Å²) >= 11 is 0. The maximum atomic E-state index is 12.7. The first kappa shape index (κ1) is 55.0. The molecule has 2 unspecified atom stereocenters. The molecule has 0 aromatic carbocycles. The molecule has 0 rings (SSSR count). The number of quaternary nitrogens is 1. The molecule has 8 nitrogen and oxygen atoms in total. The molecule has 0 aliphatic rings. The van der Waals surface area contributed by atoms with Gasteiger partial charge in [-0.25, -0.2) is 4.79 Å². The van der Waals surface area contributed by atoms with Crippen molar-refractivity contribution in [1.82, 2.24) is 0 Å². The fourth-order valence-electron chi connectivity index (χ4n) is 6.61. The van der Waals surface area contributed by atoms with Crippen LogP contribution in [-0.4, -0.2) is 80.6 Å². The van der Waals surface area contributed by atoms with Crippen LogP contribution < -0.4 is 0 Å². The average molecular weight is 815 g/mol. The van der Waals surface area contributed by atoms with Crippen molar-refractivity contribution in [3.8, 4) is 0 Å². The van der Waals surface area contributed by atoms with E-state index in [1.54, 1.807) is 0 Å². The number of unbranched alkanes of at least 4 members (excludes halogenated alkanes) is 20. The molecule has 0 fully saturated rings. The van der Waals surface area contributed by atoms with Gasteiger partial charge in [0, 0.05) is 19.3 Å². The van der Waals surface area contributed by atoms with Crippen LogP contribution in [0.4, 0.5) is 0 Å². The van der Waals surface area contributed by atoms with Gasteiger partial charge in [-0.3, -0.25) is 9.59 Å². The number of allylic oxidation sites excluding steroid dienone is 10. The summed E-state index contributed by atoms with van der Waals surface area (Å²) in [6.45, 7) is 4.56. The first-order valence-electron chi connectivity index (χ1n) is 23.4. The van der Waals surface area contributed by atoms with Gasteiger partial charge in [0.2, 0.25) is 0 Å². The van der Waals surface area contributed by atoms with E-state index in [1.807, 2.05) is 21.1 Å². The molecule has 0 aliphatic heterocycles. The molecule has 58 heavy (non-hydrogen) atoms. The minimum atomic E-state index is -0.879. The van der Waals surface area contributed by atoms with E-state index in [0.29, 0.717) is 19.3 Å². The second-order valence-corrected chi connectivity index (χ2v) is 16.7. The highest BCUT2D eigenvalue weighted by atomic mass is 16.6. The molecule has 0 amide bonds. The molecular formula is C50H88NO7+. The van der Waals surface area contributed by atoms with Gasteiger partial charge in [-0.05, 0) is 57.8 Å². The molecule has 0 spiro atoms. The predicted molar refractivity (Wildman–Crippen MR) is 243 cm³/mol. The molecule has 0 saturated heterocycles. The van der Waals surface area contributed by atoms with Gasteiger partial charge in [0.15, 0.2) is 12.1 Å². The molecule has 0 heterocycles. The molecule has 334 valence electrons. The van der Waals surface area contributed by atoms with Crippen molar-refractivity contribution < 1.29 is 38.2 Å². The minimum Gasteiger partial charge on any atom is -0.477 e. The molecule has 1 N–H and O–H groups in total. The summed E-state index contributed by atoms with van der Waals surface area (Å²) in [6, 6.07) is -0.619. The lowest BCUT2D eigenvalue weighted by molar-refractivity contribution is -0.887. The molecule has 8 heteroatoms. The number of nitrogens with zero attached hydrogens (tertiary/aromatic N) is 1. The van der Waals surface area contributed by atoms with E-state index in [2.05, 4.69) is 74.6 Å². The topological polar surface area (TPSA) is 99.1 Å². The normalized spacial score (nSPS) is 13.5. The predicted octanol–water partition coefficient (Wildman–Crippen LogP) is 13.0. The number of carboxylic acid groups (broad SMARTS) is 1. The molecule has 0 radical (unpaired) electrons. The standard InChI is InChI=1S/C50H87NO7/c1-6-8-10-12-14-16-18-20-22-23-24-25-27-28-30-32-34-36-38-40-48(52)57-45-46(44-56-43-42-47(50(54)55)51(3,4)5)58-49(53)41-39-37-35-33-31-29-26-21-19-17-15-13-11-9-7-2/h9,11,13-20,46-47H,6-8,10,12,21-45H2,1-5H3/p+1/b11-9+,15-13+,16-14+,19-17+,20-18+. The van der Waals surface area contributed by atoms with E-state index in [0.717, 1.165) is 57.8 Å². The van der Waals surface area contributed by atoms with Crippen molar-refractivity contribution in [2.75, 3.05) is 41.0 Å². The summed E-state index contributed by atoms with van der Waals surface area (Å²) in [4.78, 5) is 37.0. The summed E-state index contributed by atoms with van der Waals surface area (Å²) < 4.78 is 17.3. The van der Waals surface area contributed by atoms with E-state index in [1.165, 1.54) is 96.3 Å². The van der Waals surface area contributed by atoms with Gasteiger partial charge < -0.3 is 23.8 Å². The Hall–Kier alpha value is -2.97. The lowest BCUT2D eigenvalue weighted by atomic mass is 10.1. The smallest absolute Gasteiger partial charge is 0.362 e. The second kappa shape index (κ2) is 40.8. The maximum Gasteiger partial charge on any atom is 0.362 e. The number of hydrogen-bond acceptors (Lipinski definition) is 6. The lowest BCUT2D eigenvalue weighted by Gasteiger charge is -2.31. The Morgan fingerprint density at radius 1 is 0.534 bits per heavy atom. The van der Waals surface area contributed by atoms with Crippen LogP contribution in [-0.2, 0) is 28.6 Å². The number of carbonyl (C=O) groups is 3. The van der Waals surface area contributed by atoms with Crippen LogP contribution in [0.2, 0.25) is 0 Å². The zero-order valence-electron chi connectivity index (χ0n) is 38.0. The Balaban J connectivity index is 4.31. The fourth-order valence-corrected chi connectivity index (χ4v) is 6.61. The average Bonchev–Trinajstić information content (AvgIpc) is 3.18. The van der Waals surface area contributed by atoms with Gasteiger partial charge >= 0.3 is 17.9 Å². The van der Waals surface area contributed by atoms with Gasteiger partial charge in [0.1, 0.15) is 6.61 Å². The molecular weight excluding hydrogens is 727 g/mol. The van der Waals surface area contributed by atoms with Gasteiger partial charge in [0.25, 0.3) is 0 Å². The Bertz CT molecular complexity index is 1130. The van der Waals surface area contributed by atoms with Crippen molar-refractivity contribution in [2.24, 2.45) is 0 Å². The van der Waals surface area contributed by atoms with E-state index < -0.39 is 18.1 Å². The molecule has 0 aromatic rings. The van der Waals surface area contributed by atoms with E-state index in [9.17, 15) is 19.5 Å². The highest BCUT2D eigenvalue weighted by Gasteiger charge is 2.31. The van der Waals surface area contributed by atoms with Gasteiger partial charge in [-0.15, -0.1) is 0 Å². The number of likely N-dealkylation sites (N-methyl/N-ethyl adjacent to an activating group) is 1. The van der Waals surface area contributed by atoms with Crippen LogP contribution in [0.3, 0.4) is 0 Å². The quantitative estimate of drug-likeness (QED) is 0.0284. The lowest BCUT2D eigenvalue weighted by Crippen LogP contribution is -2.50. The summed E-state index contributed by atoms with van der Waals surface area (Å²) in [5.41, 5.74) is 0. The van der Waals surface area contributed by atoms with Crippen molar-refractivity contribution in [3.05, 3.63) is 60.8 Å². The number of rotatable bonds is 41. The van der Waals surface area contributed by atoms with Crippen molar-refractivity contribution in [1.29, 1.82) is 0 Å². The zero-order chi connectivity index (χ0) is 42.8. The third-order valence-electron chi connectivity index (χ3n) is 10.2. The number of esters is 2. The number of hydrogen-bond donors (Lipinski definition) is 1. The third-order valence-corrected chi connectivity index (χ3v) is 10.2. The van der Waals surface area contributed by atoms with Crippen LogP contribution in [0.1, 0.15) is 187 Å².